The van der Waals surface area contributed by atoms with E-state index in [2.05, 4.69) is 24.1 Å². The van der Waals surface area contributed by atoms with Crippen LogP contribution >= 0.6 is 0 Å². The maximum atomic E-state index is 12.3. The first-order valence-corrected chi connectivity index (χ1v) is 8.85. The highest BCUT2D eigenvalue weighted by molar-refractivity contribution is 5.73. The first-order chi connectivity index (χ1) is 11.5. The molecular weight excluding hydrogens is 302 g/mol. The SMILES string of the molecule is COc1ccc(CN(C)C(=O)NCC(C)N2CCC(C)CC2)cc1. The van der Waals surface area contributed by atoms with Crippen molar-refractivity contribution in [3.05, 3.63) is 29.8 Å². The summed E-state index contributed by atoms with van der Waals surface area (Å²) in [6.07, 6.45) is 2.52. The predicted molar refractivity (Wildman–Crippen MR) is 97.3 cm³/mol. The minimum absolute atomic E-state index is 0.0250. The molecule has 2 rings (SSSR count). The first-order valence-electron chi connectivity index (χ1n) is 8.85. The first kappa shape index (κ1) is 18.6. The zero-order valence-corrected chi connectivity index (χ0v) is 15.4. The number of carbonyl (C=O) groups is 1. The van der Waals surface area contributed by atoms with Crippen molar-refractivity contribution in [3.8, 4) is 5.75 Å². The molecule has 0 spiro atoms. The number of amides is 2. The van der Waals surface area contributed by atoms with Crippen molar-refractivity contribution in [2.75, 3.05) is 33.8 Å². The smallest absolute Gasteiger partial charge is 0.317 e. The summed E-state index contributed by atoms with van der Waals surface area (Å²) in [5.41, 5.74) is 1.09. The van der Waals surface area contributed by atoms with Crippen LogP contribution in [0.15, 0.2) is 24.3 Å². The molecule has 1 aromatic carbocycles. The second-order valence-electron chi connectivity index (χ2n) is 6.96. The molecule has 0 aliphatic carbocycles. The van der Waals surface area contributed by atoms with Crippen LogP contribution in [0.1, 0.15) is 32.3 Å². The van der Waals surface area contributed by atoms with Crippen molar-refractivity contribution in [1.82, 2.24) is 15.1 Å². The van der Waals surface area contributed by atoms with Crippen LogP contribution in [0.5, 0.6) is 5.75 Å². The van der Waals surface area contributed by atoms with Gasteiger partial charge in [-0.3, -0.25) is 4.90 Å². The van der Waals surface area contributed by atoms with E-state index < -0.39 is 0 Å². The number of methoxy groups -OCH3 is 1. The van der Waals surface area contributed by atoms with Crippen LogP contribution in [0.3, 0.4) is 0 Å². The molecular formula is C19H31N3O2. The number of urea groups is 1. The number of carbonyl (C=O) groups excluding carboxylic acids is 1. The van der Waals surface area contributed by atoms with Gasteiger partial charge in [-0.25, -0.2) is 4.79 Å². The lowest BCUT2D eigenvalue weighted by atomic mass is 9.98. The van der Waals surface area contributed by atoms with E-state index in [9.17, 15) is 4.79 Å². The van der Waals surface area contributed by atoms with Gasteiger partial charge in [0.05, 0.1) is 7.11 Å². The van der Waals surface area contributed by atoms with E-state index in [-0.39, 0.29) is 6.03 Å². The Kier molecular flexibility index (Phi) is 6.91. The van der Waals surface area contributed by atoms with Crippen molar-refractivity contribution in [3.63, 3.8) is 0 Å². The minimum atomic E-state index is -0.0250. The van der Waals surface area contributed by atoms with Gasteiger partial charge in [0.1, 0.15) is 5.75 Å². The Labute approximate surface area is 146 Å². The Morgan fingerprint density at radius 3 is 2.54 bits per heavy atom. The van der Waals surface area contributed by atoms with Crippen molar-refractivity contribution in [1.29, 1.82) is 0 Å². The van der Waals surface area contributed by atoms with Gasteiger partial charge in [-0.05, 0) is 56.5 Å². The molecule has 0 saturated carbocycles. The molecule has 1 aromatic rings. The fourth-order valence-corrected chi connectivity index (χ4v) is 3.05. The fraction of sp³-hybridized carbons (Fsp3) is 0.632. The zero-order valence-electron chi connectivity index (χ0n) is 15.4. The summed E-state index contributed by atoms with van der Waals surface area (Å²) in [6.45, 7) is 8.07. The molecule has 24 heavy (non-hydrogen) atoms. The Balaban J connectivity index is 1.74. The van der Waals surface area contributed by atoms with E-state index in [1.54, 1.807) is 12.0 Å². The van der Waals surface area contributed by atoms with Crippen LogP contribution in [0.4, 0.5) is 4.79 Å². The number of hydrogen-bond acceptors (Lipinski definition) is 3. The van der Waals surface area contributed by atoms with E-state index in [1.807, 2.05) is 31.3 Å². The predicted octanol–water partition coefficient (Wildman–Crippen LogP) is 2.96. The van der Waals surface area contributed by atoms with Gasteiger partial charge in [0.25, 0.3) is 0 Å². The molecule has 2 amide bonds. The van der Waals surface area contributed by atoms with Gasteiger partial charge in [-0.15, -0.1) is 0 Å². The van der Waals surface area contributed by atoms with Gasteiger partial charge in [-0.1, -0.05) is 19.1 Å². The van der Waals surface area contributed by atoms with Crippen molar-refractivity contribution >= 4 is 6.03 Å². The maximum absolute atomic E-state index is 12.3. The molecule has 1 atom stereocenters. The molecule has 1 unspecified atom stereocenters. The van der Waals surface area contributed by atoms with Crippen LogP contribution in [0.25, 0.3) is 0 Å². The third-order valence-corrected chi connectivity index (χ3v) is 4.92. The van der Waals surface area contributed by atoms with Crippen molar-refractivity contribution in [2.45, 2.75) is 39.3 Å². The number of ether oxygens (including phenoxy) is 1. The average molecular weight is 333 g/mol. The summed E-state index contributed by atoms with van der Waals surface area (Å²) in [5.74, 6) is 1.66. The van der Waals surface area contributed by atoms with Gasteiger partial charge in [0, 0.05) is 26.2 Å². The summed E-state index contributed by atoms with van der Waals surface area (Å²) < 4.78 is 5.15. The molecule has 1 heterocycles. The minimum Gasteiger partial charge on any atom is -0.497 e. The molecule has 1 fully saturated rings. The molecule has 0 radical (unpaired) electrons. The van der Waals surface area contributed by atoms with Gasteiger partial charge in [0.15, 0.2) is 0 Å². The Morgan fingerprint density at radius 2 is 1.96 bits per heavy atom. The highest BCUT2D eigenvalue weighted by Crippen LogP contribution is 2.17. The molecule has 1 aliphatic rings. The summed E-state index contributed by atoms with van der Waals surface area (Å²) in [5, 5.41) is 3.05. The van der Waals surface area contributed by atoms with Gasteiger partial charge < -0.3 is 15.0 Å². The molecule has 1 aliphatic heterocycles. The molecule has 1 N–H and O–H groups in total. The fourth-order valence-electron chi connectivity index (χ4n) is 3.05. The largest absolute Gasteiger partial charge is 0.497 e. The standard InChI is InChI=1S/C19H31N3O2/c1-15-9-11-22(12-10-15)16(2)13-20-19(23)21(3)14-17-5-7-18(24-4)8-6-17/h5-8,15-16H,9-14H2,1-4H3,(H,20,23). The van der Waals surface area contributed by atoms with E-state index >= 15 is 0 Å². The number of hydrogen-bond donors (Lipinski definition) is 1. The second kappa shape index (κ2) is 8.92. The summed E-state index contributed by atoms with van der Waals surface area (Å²) in [6, 6.07) is 8.17. The molecule has 134 valence electrons. The lowest BCUT2D eigenvalue weighted by molar-refractivity contribution is 0.142. The summed E-state index contributed by atoms with van der Waals surface area (Å²) >= 11 is 0. The number of piperidine rings is 1. The normalized spacial score (nSPS) is 17.3. The van der Waals surface area contributed by atoms with Crippen LogP contribution in [-0.2, 0) is 6.54 Å². The van der Waals surface area contributed by atoms with Gasteiger partial charge in [0.2, 0.25) is 0 Å². The number of rotatable bonds is 6. The van der Waals surface area contributed by atoms with E-state index in [1.165, 1.54) is 12.8 Å². The van der Waals surface area contributed by atoms with Crippen LogP contribution < -0.4 is 10.1 Å². The monoisotopic (exact) mass is 333 g/mol. The van der Waals surface area contributed by atoms with Crippen molar-refractivity contribution in [2.24, 2.45) is 5.92 Å². The average Bonchev–Trinajstić information content (AvgIpc) is 2.60. The summed E-state index contributed by atoms with van der Waals surface area (Å²) in [4.78, 5) is 16.5. The lowest BCUT2D eigenvalue weighted by Crippen LogP contribution is -2.47. The molecule has 5 heteroatoms. The quantitative estimate of drug-likeness (QED) is 0.870. The number of nitrogens with one attached hydrogen (secondary N) is 1. The van der Waals surface area contributed by atoms with Crippen LogP contribution in [-0.4, -0.2) is 55.7 Å². The van der Waals surface area contributed by atoms with Crippen LogP contribution in [0, 0.1) is 5.92 Å². The van der Waals surface area contributed by atoms with Crippen molar-refractivity contribution < 1.29 is 9.53 Å². The van der Waals surface area contributed by atoms with Gasteiger partial charge in [-0.2, -0.15) is 0 Å². The Morgan fingerprint density at radius 1 is 1.33 bits per heavy atom. The van der Waals surface area contributed by atoms with E-state index in [0.29, 0.717) is 19.1 Å². The topological polar surface area (TPSA) is 44.8 Å². The molecule has 1 saturated heterocycles. The molecule has 5 nitrogen and oxygen atoms in total. The number of benzene rings is 1. The van der Waals surface area contributed by atoms with Crippen LogP contribution in [0.2, 0.25) is 0 Å². The number of nitrogens with zero attached hydrogens (tertiary/aromatic N) is 2. The second-order valence-corrected chi connectivity index (χ2v) is 6.96. The third kappa shape index (κ3) is 5.41. The number of likely N-dealkylation sites (tertiary alicyclic amines) is 1. The van der Waals surface area contributed by atoms with E-state index in [4.69, 9.17) is 4.74 Å². The highest BCUT2D eigenvalue weighted by Gasteiger charge is 2.21. The maximum Gasteiger partial charge on any atom is 0.317 e. The Hall–Kier alpha value is -1.75. The zero-order chi connectivity index (χ0) is 17.5. The molecule has 0 aromatic heterocycles. The molecule has 0 bridgehead atoms. The van der Waals surface area contributed by atoms with E-state index in [0.717, 1.165) is 30.3 Å². The van der Waals surface area contributed by atoms with Gasteiger partial charge >= 0.3 is 6.03 Å². The third-order valence-electron chi connectivity index (χ3n) is 4.92. The summed E-state index contributed by atoms with van der Waals surface area (Å²) in [7, 11) is 3.48. The lowest BCUT2D eigenvalue weighted by Gasteiger charge is -2.35. The highest BCUT2D eigenvalue weighted by atomic mass is 16.5. The Bertz CT molecular complexity index is 510.